The second kappa shape index (κ2) is 4.81. The van der Waals surface area contributed by atoms with Crippen molar-refractivity contribution in [1.29, 1.82) is 0 Å². The minimum absolute atomic E-state index is 0.00912. The highest BCUT2D eigenvalue weighted by Crippen LogP contribution is 2.29. The molecule has 15 heavy (non-hydrogen) atoms. The summed E-state index contributed by atoms with van der Waals surface area (Å²) in [4.78, 5) is 0. The molecular weight excluding hydrogens is 190 g/mol. The molecule has 1 saturated heterocycles. The SMILES string of the molecule is CC1CCC(CNC2(CO)CCCC2)O1. The summed E-state index contributed by atoms with van der Waals surface area (Å²) in [5, 5.41) is 13.0. The van der Waals surface area contributed by atoms with Gasteiger partial charge in [0.1, 0.15) is 0 Å². The second-order valence-electron chi connectivity index (χ2n) is 5.17. The molecule has 2 aliphatic rings. The van der Waals surface area contributed by atoms with Gasteiger partial charge in [0.15, 0.2) is 0 Å². The Bertz CT molecular complexity index is 202. The van der Waals surface area contributed by atoms with E-state index in [0.29, 0.717) is 12.2 Å². The van der Waals surface area contributed by atoms with Crippen LogP contribution in [-0.4, -0.2) is 36.0 Å². The van der Waals surface area contributed by atoms with Crippen LogP contribution in [-0.2, 0) is 4.74 Å². The molecule has 1 aliphatic heterocycles. The van der Waals surface area contributed by atoms with Gasteiger partial charge in [0.25, 0.3) is 0 Å². The zero-order valence-corrected chi connectivity index (χ0v) is 9.67. The number of hydrogen-bond acceptors (Lipinski definition) is 3. The number of nitrogens with one attached hydrogen (secondary N) is 1. The lowest BCUT2D eigenvalue weighted by Gasteiger charge is -2.29. The number of ether oxygens (including phenoxy) is 1. The van der Waals surface area contributed by atoms with Crippen molar-refractivity contribution in [3.05, 3.63) is 0 Å². The Labute approximate surface area is 92.2 Å². The maximum Gasteiger partial charge on any atom is 0.0704 e. The summed E-state index contributed by atoms with van der Waals surface area (Å²) in [5.74, 6) is 0. The van der Waals surface area contributed by atoms with E-state index in [4.69, 9.17) is 4.74 Å². The third kappa shape index (κ3) is 2.71. The Morgan fingerprint density at radius 2 is 2.07 bits per heavy atom. The molecule has 2 N–H and O–H groups in total. The van der Waals surface area contributed by atoms with Crippen LogP contribution in [0.5, 0.6) is 0 Å². The van der Waals surface area contributed by atoms with Crippen LogP contribution in [0.3, 0.4) is 0 Å². The lowest BCUT2D eigenvalue weighted by molar-refractivity contribution is 0.0458. The molecule has 2 atom stereocenters. The van der Waals surface area contributed by atoms with Crippen LogP contribution in [0, 0.1) is 0 Å². The molecule has 0 spiro atoms. The summed E-state index contributed by atoms with van der Waals surface area (Å²) in [6.45, 7) is 3.32. The Hall–Kier alpha value is -0.120. The van der Waals surface area contributed by atoms with Crippen molar-refractivity contribution in [2.75, 3.05) is 13.2 Å². The van der Waals surface area contributed by atoms with Crippen LogP contribution in [0.4, 0.5) is 0 Å². The molecule has 0 radical (unpaired) electrons. The van der Waals surface area contributed by atoms with Gasteiger partial charge in [-0.1, -0.05) is 12.8 Å². The molecule has 3 heteroatoms. The predicted molar refractivity (Wildman–Crippen MR) is 59.9 cm³/mol. The molecule has 88 valence electrons. The third-order valence-electron chi connectivity index (χ3n) is 3.89. The normalized spacial score (nSPS) is 34.8. The molecule has 1 aliphatic carbocycles. The molecule has 0 aromatic carbocycles. The highest BCUT2D eigenvalue weighted by Gasteiger charge is 2.34. The Morgan fingerprint density at radius 3 is 2.60 bits per heavy atom. The van der Waals surface area contributed by atoms with Crippen LogP contribution in [0.1, 0.15) is 45.4 Å². The topological polar surface area (TPSA) is 41.5 Å². The summed E-state index contributed by atoms with van der Waals surface area (Å²) in [6.07, 6.45) is 7.85. The van der Waals surface area contributed by atoms with Gasteiger partial charge < -0.3 is 15.2 Å². The van der Waals surface area contributed by atoms with Gasteiger partial charge in [0.05, 0.1) is 18.8 Å². The molecule has 0 aromatic heterocycles. The second-order valence-corrected chi connectivity index (χ2v) is 5.17. The average molecular weight is 213 g/mol. The Kier molecular flexibility index (Phi) is 3.65. The Balaban J connectivity index is 1.76. The zero-order valence-electron chi connectivity index (χ0n) is 9.67. The largest absolute Gasteiger partial charge is 0.394 e. The van der Waals surface area contributed by atoms with Gasteiger partial charge in [0, 0.05) is 12.1 Å². The molecule has 2 rings (SSSR count). The lowest BCUT2D eigenvalue weighted by Crippen LogP contribution is -2.48. The smallest absolute Gasteiger partial charge is 0.0704 e. The van der Waals surface area contributed by atoms with Crippen molar-refractivity contribution in [1.82, 2.24) is 5.32 Å². The van der Waals surface area contributed by atoms with Gasteiger partial charge in [-0.05, 0) is 32.6 Å². The van der Waals surface area contributed by atoms with Crippen LogP contribution in [0.2, 0.25) is 0 Å². The predicted octanol–water partition coefficient (Wildman–Crippen LogP) is 1.45. The summed E-state index contributed by atoms with van der Waals surface area (Å²) < 4.78 is 5.77. The molecule has 0 aromatic rings. The fourth-order valence-electron chi connectivity index (χ4n) is 2.81. The molecular formula is C12H23NO2. The maximum atomic E-state index is 9.44. The van der Waals surface area contributed by atoms with E-state index in [2.05, 4.69) is 12.2 Å². The standard InChI is InChI=1S/C12H23NO2/c1-10-4-5-11(15-10)8-13-12(9-14)6-2-3-7-12/h10-11,13-14H,2-9H2,1H3. The number of aliphatic hydroxyl groups is 1. The van der Waals surface area contributed by atoms with E-state index in [0.717, 1.165) is 25.8 Å². The van der Waals surface area contributed by atoms with Crippen LogP contribution >= 0.6 is 0 Å². The van der Waals surface area contributed by atoms with Gasteiger partial charge in [-0.2, -0.15) is 0 Å². The zero-order chi connectivity index (χ0) is 10.7. The fraction of sp³-hybridized carbons (Fsp3) is 1.00. The summed E-state index contributed by atoms with van der Waals surface area (Å²) in [6, 6.07) is 0. The molecule has 1 saturated carbocycles. The summed E-state index contributed by atoms with van der Waals surface area (Å²) >= 11 is 0. The highest BCUT2D eigenvalue weighted by atomic mass is 16.5. The van der Waals surface area contributed by atoms with E-state index in [9.17, 15) is 5.11 Å². The average Bonchev–Trinajstić information content (AvgIpc) is 2.85. The highest BCUT2D eigenvalue weighted by molar-refractivity contribution is 4.93. The van der Waals surface area contributed by atoms with Gasteiger partial charge in [-0.25, -0.2) is 0 Å². The van der Waals surface area contributed by atoms with Gasteiger partial charge in [-0.3, -0.25) is 0 Å². The maximum absolute atomic E-state index is 9.44. The van der Waals surface area contributed by atoms with E-state index in [1.54, 1.807) is 0 Å². The molecule has 1 heterocycles. The lowest BCUT2D eigenvalue weighted by atomic mass is 9.98. The van der Waals surface area contributed by atoms with E-state index >= 15 is 0 Å². The van der Waals surface area contributed by atoms with Crippen LogP contribution in [0.25, 0.3) is 0 Å². The summed E-state index contributed by atoms with van der Waals surface area (Å²) in [5.41, 5.74) is 0.00912. The third-order valence-corrected chi connectivity index (χ3v) is 3.89. The molecule has 3 nitrogen and oxygen atoms in total. The quantitative estimate of drug-likeness (QED) is 0.742. The van der Waals surface area contributed by atoms with Gasteiger partial charge >= 0.3 is 0 Å². The Morgan fingerprint density at radius 1 is 1.33 bits per heavy atom. The van der Waals surface area contributed by atoms with Gasteiger partial charge in [-0.15, -0.1) is 0 Å². The first-order valence-electron chi connectivity index (χ1n) is 6.25. The van der Waals surface area contributed by atoms with E-state index in [1.807, 2.05) is 0 Å². The molecule has 2 unspecified atom stereocenters. The summed E-state index contributed by atoms with van der Waals surface area (Å²) in [7, 11) is 0. The number of rotatable bonds is 4. The van der Waals surface area contributed by atoms with E-state index < -0.39 is 0 Å². The molecule has 2 fully saturated rings. The van der Waals surface area contributed by atoms with Crippen molar-refractivity contribution in [2.24, 2.45) is 0 Å². The monoisotopic (exact) mass is 213 g/mol. The van der Waals surface area contributed by atoms with Crippen molar-refractivity contribution in [3.8, 4) is 0 Å². The number of hydrogen-bond donors (Lipinski definition) is 2. The number of aliphatic hydroxyl groups excluding tert-OH is 1. The molecule has 0 bridgehead atoms. The first kappa shape index (κ1) is 11.4. The van der Waals surface area contributed by atoms with E-state index in [1.165, 1.54) is 19.3 Å². The fourth-order valence-corrected chi connectivity index (χ4v) is 2.81. The first-order valence-corrected chi connectivity index (χ1v) is 6.25. The van der Waals surface area contributed by atoms with Crippen LogP contribution in [0.15, 0.2) is 0 Å². The minimum Gasteiger partial charge on any atom is -0.394 e. The van der Waals surface area contributed by atoms with Crippen molar-refractivity contribution in [3.63, 3.8) is 0 Å². The van der Waals surface area contributed by atoms with Crippen molar-refractivity contribution >= 4 is 0 Å². The van der Waals surface area contributed by atoms with Crippen molar-refractivity contribution < 1.29 is 9.84 Å². The van der Waals surface area contributed by atoms with Crippen LogP contribution < -0.4 is 5.32 Å². The van der Waals surface area contributed by atoms with Crippen molar-refractivity contribution in [2.45, 2.75) is 63.2 Å². The first-order chi connectivity index (χ1) is 7.24. The van der Waals surface area contributed by atoms with E-state index in [-0.39, 0.29) is 12.1 Å². The molecule has 0 amide bonds. The minimum atomic E-state index is 0.00912. The van der Waals surface area contributed by atoms with Gasteiger partial charge in [0.2, 0.25) is 0 Å².